The minimum absolute atomic E-state index is 0.380. The lowest BCUT2D eigenvalue weighted by molar-refractivity contribution is -0.138. The molecule has 0 spiro atoms. The maximum absolute atomic E-state index is 11.1. The maximum atomic E-state index is 11.1. The van der Waals surface area contributed by atoms with Crippen LogP contribution in [0.25, 0.3) is 0 Å². The molecule has 2 amide bonds. The molecule has 0 aliphatic carbocycles. The van der Waals surface area contributed by atoms with Gasteiger partial charge < -0.3 is 10.6 Å². The summed E-state index contributed by atoms with van der Waals surface area (Å²) in [4.78, 5) is 22.3. The zero-order valence-corrected chi connectivity index (χ0v) is 9.46. The molecule has 0 aliphatic rings. The summed E-state index contributed by atoms with van der Waals surface area (Å²) in [5.41, 5.74) is 1.10. The van der Waals surface area contributed by atoms with E-state index in [1.807, 2.05) is 26.8 Å². The summed E-state index contributed by atoms with van der Waals surface area (Å²) < 4.78 is 0. The first kappa shape index (κ1) is 13.4. The summed E-state index contributed by atoms with van der Waals surface area (Å²) in [6.45, 7) is 6.47. The Morgan fingerprint density at radius 1 is 1.07 bits per heavy atom. The van der Waals surface area contributed by atoms with E-state index in [4.69, 9.17) is 0 Å². The molecule has 15 heavy (non-hydrogen) atoms. The van der Waals surface area contributed by atoms with Gasteiger partial charge in [-0.2, -0.15) is 0 Å². The second-order valence-corrected chi connectivity index (χ2v) is 3.27. The molecule has 0 bridgehead atoms. The molecular formula is C11H18N2O2. The molecular weight excluding hydrogens is 192 g/mol. The normalized spacial score (nSPS) is 9.80. The lowest BCUT2D eigenvalue weighted by Crippen LogP contribution is -2.40. The van der Waals surface area contributed by atoms with Gasteiger partial charge in [0.1, 0.15) is 0 Å². The summed E-state index contributed by atoms with van der Waals surface area (Å²) >= 11 is 0. The first-order chi connectivity index (χ1) is 7.07. The molecule has 0 saturated heterocycles. The third kappa shape index (κ3) is 7.49. The zero-order chi connectivity index (χ0) is 11.7. The number of amides is 2. The first-order valence-corrected chi connectivity index (χ1v) is 4.88. The van der Waals surface area contributed by atoms with Crippen LogP contribution in [-0.2, 0) is 9.59 Å². The fraction of sp³-hybridized carbons (Fsp3) is 0.455. The van der Waals surface area contributed by atoms with Crippen LogP contribution in [0, 0.1) is 0 Å². The number of nitrogens with one attached hydrogen (secondary N) is 2. The topological polar surface area (TPSA) is 58.2 Å². The predicted octanol–water partition coefficient (Wildman–Crippen LogP) is 0.761. The minimum Gasteiger partial charge on any atom is -0.344 e. The number of carbonyl (C=O) groups excluding carboxylic acids is 2. The quantitative estimate of drug-likeness (QED) is 0.531. The van der Waals surface area contributed by atoms with Crippen molar-refractivity contribution in [1.82, 2.24) is 10.6 Å². The van der Waals surface area contributed by atoms with E-state index in [0.29, 0.717) is 13.1 Å². The lowest BCUT2D eigenvalue weighted by atomic mass is 10.3. The van der Waals surface area contributed by atoms with Crippen LogP contribution in [0.4, 0.5) is 0 Å². The van der Waals surface area contributed by atoms with Gasteiger partial charge in [0, 0.05) is 13.1 Å². The van der Waals surface area contributed by atoms with Crippen LogP contribution in [0.5, 0.6) is 0 Å². The van der Waals surface area contributed by atoms with Crippen LogP contribution >= 0.6 is 0 Å². The molecule has 0 saturated carbocycles. The van der Waals surface area contributed by atoms with Gasteiger partial charge in [0.05, 0.1) is 0 Å². The largest absolute Gasteiger partial charge is 0.344 e. The highest BCUT2D eigenvalue weighted by atomic mass is 16.2. The van der Waals surface area contributed by atoms with Crippen molar-refractivity contribution in [3.8, 4) is 0 Å². The summed E-state index contributed by atoms with van der Waals surface area (Å²) in [7, 11) is 0. The van der Waals surface area contributed by atoms with E-state index in [9.17, 15) is 9.59 Å². The molecule has 0 aromatic heterocycles. The predicted molar refractivity (Wildman–Crippen MR) is 60.3 cm³/mol. The number of hydrogen-bond acceptors (Lipinski definition) is 2. The minimum atomic E-state index is -0.602. The molecule has 0 fully saturated rings. The maximum Gasteiger partial charge on any atom is 0.309 e. The van der Waals surface area contributed by atoms with Gasteiger partial charge in [0.25, 0.3) is 0 Å². The van der Waals surface area contributed by atoms with Crippen LogP contribution in [-0.4, -0.2) is 24.9 Å². The number of carbonyl (C=O) groups is 2. The highest BCUT2D eigenvalue weighted by Gasteiger charge is 2.09. The van der Waals surface area contributed by atoms with Gasteiger partial charge in [-0.25, -0.2) is 0 Å². The zero-order valence-electron chi connectivity index (χ0n) is 9.46. The van der Waals surface area contributed by atoms with Crippen molar-refractivity contribution in [3.63, 3.8) is 0 Å². The Kier molecular flexibility index (Phi) is 6.97. The van der Waals surface area contributed by atoms with Crippen LogP contribution in [0.15, 0.2) is 23.8 Å². The molecule has 0 aromatic rings. The Bertz CT molecular complexity index is 276. The molecule has 0 rings (SSSR count). The summed E-state index contributed by atoms with van der Waals surface area (Å²) in [5.74, 6) is -1.20. The number of hydrogen-bond donors (Lipinski definition) is 2. The van der Waals surface area contributed by atoms with E-state index in [1.165, 1.54) is 0 Å². The van der Waals surface area contributed by atoms with Gasteiger partial charge in [-0.3, -0.25) is 9.59 Å². The van der Waals surface area contributed by atoms with E-state index < -0.39 is 11.8 Å². The van der Waals surface area contributed by atoms with Gasteiger partial charge in [-0.1, -0.05) is 23.8 Å². The number of rotatable bonds is 4. The fourth-order valence-electron chi connectivity index (χ4n) is 0.778. The SMILES string of the molecule is CC=CCNC(=O)C(=O)NCC=C(C)C. The Labute approximate surface area is 90.4 Å². The lowest BCUT2D eigenvalue weighted by Gasteiger charge is -2.02. The highest BCUT2D eigenvalue weighted by molar-refractivity contribution is 6.35. The Balaban J connectivity index is 3.79. The molecule has 0 atom stereocenters. The van der Waals surface area contributed by atoms with E-state index in [1.54, 1.807) is 12.2 Å². The summed E-state index contributed by atoms with van der Waals surface area (Å²) in [6.07, 6.45) is 5.42. The van der Waals surface area contributed by atoms with Gasteiger partial charge in [-0.15, -0.1) is 0 Å². The third-order valence-electron chi connectivity index (χ3n) is 1.60. The molecule has 4 nitrogen and oxygen atoms in total. The van der Waals surface area contributed by atoms with Gasteiger partial charge in [0.2, 0.25) is 0 Å². The Hall–Kier alpha value is -1.58. The standard InChI is InChI=1S/C11H18N2O2/c1-4-5-7-12-10(14)11(15)13-8-6-9(2)3/h4-6H,7-8H2,1-3H3,(H,12,14)(H,13,15). The Morgan fingerprint density at radius 3 is 2.07 bits per heavy atom. The number of allylic oxidation sites excluding steroid dienone is 2. The van der Waals surface area contributed by atoms with Crippen molar-refractivity contribution >= 4 is 11.8 Å². The van der Waals surface area contributed by atoms with Crippen molar-refractivity contribution in [1.29, 1.82) is 0 Å². The van der Waals surface area contributed by atoms with Gasteiger partial charge >= 0.3 is 11.8 Å². The fourth-order valence-corrected chi connectivity index (χ4v) is 0.778. The average molecular weight is 210 g/mol. The van der Waals surface area contributed by atoms with Crippen LogP contribution in [0.3, 0.4) is 0 Å². The molecule has 84 valence electrons. The second-order valence-electron chi connectivity index (χ2n) is 3.27. The molecule has 0 heterocycles. The first-order valence-electron chi connectivity index (χ1n) is 4.88. The van der Waals surface area contributed by atoms with E-state index in [-0.39, 0.29) is 0 Å². The van der Waals surface area contributed by atoms with E-state index in [0.717, 1.165) is 5.57 Å². The molecule has 0 unspecified atom stereocenters. The van der Waals surface area contributed by atoms with E-state index in [2.05, 4.69) is 10.6 Å². The van der Waals surface area contributed by atoms with Crippen molar-refractivity contribution in [2.75, 3.05) is 13.1 Å². The summed E-state index contributed by atoms with van der Waals surface area (Å²) in [5, 5.41) is 4.95. The van der Waals surface area contributed by atoms with Gasteiger partial charge in [-0.05, 0) is 20.8 Å². The molecule has 0 aromatic carbocycles. The average Bonchev–Trinajstić information content (AvgIpc) is 2.17. The van der Waals surface area contributed by atoms with Crippen LogP contribution in [0.1, 0.15) is 20.8 Å². The highest BCUT2D eigenvalue weighted by Crippen LogP contribution is 1.85. The smallest absolute Gasteiger partial charge is 0.309 e. The third-order valence-corrected chi connectivity index (χ3v) is 1.60. The van der Waals surface area contributed by atoms with Crippen molar-refractivity contribution in [3.05, 3.63) is 23.8 Å². The molecule has 0 radical (unpaired) electrons. The van der Waals surface area contributed by atoms with Crippen molar-refractivity contribution < 1.29 is 9.59 Å². The second kappa shape index (κ2) is 7.79. The van der Waals surface area contributed by atoms with Crippen LogP contribution < -0.4 is 10.6 Å². The van der Waals surface area contributed by atoms with Gasteiger partial charge in [0.15, 0.2) is 0 Å². The molecule has 0 aliphatic heterocycles. The van der Waals surface area contributed by atoms with Crippen molar-refractivity contribution in [2.45, 2.75) is 20.8 Å². The Morgan fingerprint density at radius 2 is 1.60 bits per heavy atom. The van der Waals surface area contributed by atoms with E-state index >= 15 is 0 Å². The van der Waals surface area contributed by atoms with Crippen LogP contribution in [0.2, 0.25) is 0 Å². The summed E-state index contributed by atoms with van der Waals surface area (Å²) in [6, 6.07) is 0. The molecule has 4 heteroatoms. The monoisotopic (exact) mass is 210 g/mol. The molecule has 2 N–H and O–H groups in total. The van der Waals surface area contributed by atoms with Crippen molar-refractivity contribution in [2.24, 2.45) is 0 Å².